The van der Waals surface area contributed by atoms with Crippen molar-refractivity contribution in [3.8, 4) is 0 Å². The molecule has 120 valence electrons. The lowest BCUT2D eigenvalue weighted by Gasteiger charge is -2.06. The Balaban J connectivity index is 2.15. The maximum Gasteiger partial charge on any atom is 0.296 e. The van der Waals surface area contributed by atoms with Crippen molar-refractivity contribution in [2.45, 2.75) is 56.8 Å². The predicted molar refractivity (Wildman–Crippen MR) is 95.5 cm³/mol. The van der Waals surface area contributed by atoms with Gasteiger partial charge >= 0.3 is 0 Å². The van der Waals surface area contributed by atoms with Gasteiger partial charge in [0.25, 0.3) is 10.1 Å². The zero-order valence-corrected chi connectivity index (χ0v) is 15.7. The van der Waals surface area contributed by atoms with Crippen molar-refractivity contribution >= 4 is 32.7 Å². The molecule has 21 heavy (non-hydrogen) atoms. The first kappa shape index (κ1) is 18.9. The largest absolute Gasteiger partial charge is 0.296 e. The van der Waals surface area contributed by atoms with E-state index in [1.165, 1.54) is 30.1 Å². The summed E-state index contributed by atoms with van der Waals surface area (Å²) in [5, 5.41) is 0. The van der Waals surface area contributed by atoms with E-state index in [1.807, 2.05) is 6.92 Å². The zero-order valence-electron chi connectivity index (χ0n) is 12.7. The predicted octanol–water partition coefficient (Wildman–Crippen LogP) is 4.87. The summed E-state index contributed by atoms with van der Waals surface area (Å²) in [6, 6.07) is 6.76. The van der Waals surface area contributed by atoms with Crippen molar-refractivity contribution in [2.24, 2.45) is 0 Å². The molecule has 0 heterocycles. The van der Waals surface area contributed by atoms with Gasteiger partial charge in [0.05, 0.1) is 11.5 Å². The number of aryl methyl sites for hydroxylation is 1. The summed E-state index contributed by atoms with van der Waals surface area (Å²) in [7, 11) is -3.58. The van der Waals surface area contributed by atoms with Gasteiger partial charge in [-0.15, -0.1) is 0 Å². The quantitative estimate of drug-likeness (QED) is 0.220. The molecule has 0 aromatic heterocycles. The van der Waals surface area contributed by atoms with Crippen LogP contribution in [0.5, 0.6) is 0 Å². The van der Waals surface area contributed by atoms with Crippen molar-refractivity contribution in [2.75, 3.05) is 11.0 Å². The maximum absolute atomic E-state index is 11.9. The van der Waals surface area contributed by atoms with E-state index in [2.05, 4.69) is 22.6 Å². The van der Waals surface area contributed by atoms with E-state index in [1.54, 1.807) is 24.3 Å². The molecule has 0 aliphatic rings. The molecule has 0 fully saturated rings. The van der Waals surface area contributed by atoms with Gasteiger partial charge in [0.2, 0.25) is 0 Å². The Labute approximate surface area is 142 Å². The summed E-state index contributed by atoms with van der Waals surface area (Å²) >= 11 is 2.41. The summed E-state index contributed by atoms with van der Waals surface area (Å²) in [6.07, 6.45) is 8.13. The number of hydrogen-bond acceptors (Lipinski definition) is 3. The average molecular weight is 424 g/mol. The average Bonchev–Trinajstić information content (AvgIpc) is 2.46. The normalized spacial score (nSPS) is 11.7. The third kappa shape index (κ3) is 8.16. The molecule has 0 aliphatic heterocycles. The van der Waals surface area contributed by atoms with Gasteiger partial charge < -0.3 is 0 Å². The van der Waals surface area contributed by atoms with Crippen LogP contribution in [0.25, 0.3) is 0 Å². The molecule has 5 heteroatoms. The Hall–Kier alpha value is -0.140. The first-order chi connectivity index (χ1) is 10.1. The first-order valence-corrected chi connectivity index (χ1v) is 10.5. The Bertz CT molecular complexity index is 483. The van der Waals surface area contributed by atoms with Crippen LogP contribution in [0.4, 0.5) is 0 Å². The fourth-order valence-electron chi connectivity index (χ4n) is 2.02. The van der Waals surface area contributed by atoms with Crippen LogP contribution in [-0.2, 0) is 14.3 Å². The fourth-order valence-corrected chi connectivity index (χ4v) is 3.50. The van der Waals surface area contributed by atoms with Crippen molar-refractivity contribution in [1.29, 1.82) is 0 Å². The summed E-state index contributed by atoms with van der Waals surface area (Å²) < 4.78 is 30.2. The van der Waals surface area contributed by atoms with E-state index in [4.69, 9.17) is 4.18 Å². The molecule has 0 unspecified atom stereocenters. The molecular formula is C16H25IO3S. The second-order valence-electron chi connectivity index (χ2n) is 5.25. The van der Waals surface area contributed by atoms with E-state index in [-0.39, 0.29) is 11.5 Å². The number of halogens is 1. The van der Waals surface area contributed by atoms with Crippen LogP contribution in [0.1, 0.15) is 50.5 Å². The van der Waals surface area contributed by atoms with Gasteiger partial charge in [-0.2, -0.15) is 8.42 Å². The Morgan fingerprint density at radius 2 is 1.43 bits per heavy atom. The Kier molecular flexibility index (Phi) is 9.51. The van der Waals surface area contributed by atoms with Gasteiger partial charge in [-0.25, -0.2) is 0 Å². The molecule has 0 spiro atoms. The van der Waals surface area contributed by atoms with Crippen LogP contribution in [0.2, 0.25) is 0 Å². The SMILES string of the molecule is Cc1ccc(S(=O)(=O)OCCCCCCCCCI)cc1. The lowest BCUT2D eigenvalue weighted by Crippen LogP contribution is -2.07. The second kappa shape index (κ2) is 10.6. The second-order valence-corrected chi connectivity index (χ2v) is 7.95. The highest BCUT2D eigenvalue weighted by Crippen LogP contribution is 2.14. The summed E-state index contributed by atoms with van der Waals surface area (Å²) in [5.74, 6) is 0. The van der Waals surface area contributed by atoms with Crippen molar-refractivity contribution < 1.29 is 12.6 Å². The summed E-state index contributed by atoms with van der Waals surface area (Å²) in [6.45, 7) is 2.21. The number of alkyl halides is 1. The molecule has 1 aromatic rings. The third-order valence-electron chi connectivity index (χ3n) is 3.33. The van der Waals surface area contributed by atoms with E-state index in [9.17, 15) is 8.42 Å². The highest BCUT2D eigenvalue weighted by molar-refractivity contribution is 14.1. The Morgan fingerprint density at radius 3 is 2.00 bits per heavy atom. The minimum Gasteiger partial charge on any atom is -0.266 e. The van der Waals surface area contributed by atoms with Gasteiger partial charge in [-0.3, -0.25) is 4.18 Å². The fraction of sp³-hybridized carbons (Fsp3) is 0.625. The minimum atomic E-state index is -3.58. The molecule has 0 bridgehead atoms. The highest BCUT2D eigenvalue weighted by atomic mass is 127. The molecule has 0 saturated heterocycles. The summed E-state index contributed by atoms with van der Waals surface area (Å²) in [5.41, 5.74) is 1.04. The topological polar surface area (TPSA) is 43.4 Å². The van der Waals surface area contributed by atoms with Crippen molar-refractivity contribution in [3.05, 3.63) is 29.8 Å². The molecule has 0 N–H and O–H groups in total. The highest BCUT2D eigenvalue weighted by Gasteiger charge is 2.14. The molecule has 1 aromatic carbocycles. The van der Waals surface area contributed by atoms with Crippen LogP contribution >= 0.6 is 22.6 Å². The lowest BCUT2D eigenvalue weighted by atomic mass is 10.1. The van der Waals surface area contributed by atoms with E-state index < -0.39 is 10.1 Å². The molecule has 0 radical (unpaired) electrons. The van der Waals surface area contributed by atoms with Gasteiger partial charge in [0.15, 0.2) is 0 Å². The molecule has 0 aliphatic carbocycles. The smallest absolute Gasteiger partial charge is 0.266 e. The monoisotopic (exact) mass is 424 g/mol. The van der Waals surface area contributed by atoms with Crippen LogP contribution in [0.3, 0.4) is 0 Å². The molecule has 0 amide bonds. The lowest BCUT2D eigenvalue weighted by molar-refractivity contribution is 0.306. The minimum absolute atomic E-state index is 0.242. The van der Waals surface area contributed by atoms with E-state index in [0.29, 0.717) is 0 Å². The van der Waals surface area contributed by atoms with Gasteiger partial charge in [-0.05, 0) is 36.3 Å². The third-order valence-corrected chi connectivity index (χ3v) is 5.42. The molecule has 3 nitrogen and oxygen atoms in total. The van der Waals surface area contributed by atoms with Crippen molar-refractivity contribution in [1.82, 2.24) is 0 Å². The van der Waals surface area contributed by atoms with Crippen LogP contribution in [0.15, 0.2) is 29.2 Å². The number of unbranched alkanes of at least 4 members (excludes halogenated alkanes) is 6. The zero-order chi connectivity index (χ0) is 15.6. The van der Waals surface area contributed by atoms with E-state index in [0.717, 1.165) is 24.8 Å². The standard InChI is InChI=1S/C16H25IO3S/c1-15-9-11-16(12-10-15)21(18,19)20-14-8-6-4-2-3-5-7-13-17/h9-12H,2-8,13-14H2,1H3. The maximum atomic E-state index is 11.9. The van der Waals surface area contributed by atoms with Crippen LogP contribution in [-0.4, -0.2) is 19.5 Å². The summed E-state index contributed by atoms with van der Waals surface area (Å²) in [4.78, 5) is 0.242. The number of hydrogen-bond donors (Lipinski definition) is 0. The molecule has 1 rings (SSSR count). The van der Waals surface area contributed by atoms with Crippen LogP contribution < -0.4 is 0 Å². The van der Waals surface area contributed by atoms with Crippen molar-refractivity contribution in [3.63, 3.8) is 0 Å². The molecule has 0 atom stereocenters. The van der Waals surface area contributed by atoms with Gasteiger partial charge in [-0.1, -0.05) is 72.4 Å². The first-order valence-electron chi connectivity index (χ1n) is 7.58. The van der Waals surface area contributed by atoms with Crippen LogP contribution in [0, 0.1) is 6.92 Å². The molecular weight excluding hydrogens is 399 g/mol. The number of rotatable bonds is 11. The molecule has 0 saturated carbocycles. The van der Waals surface area contributed by atoms with Gasteiger partial charge in [0.1, 0.15) is 0 Å². The Morgan fingerprint density at radius 1 is 0.905 bits per heavy atom. The van der Waals surface area contributed by atoms with E-state index >= 15 is 0 Å². The number of benzene rings is 1. The van der Waals surface area contributed by atoms with Gasteiger partial charge in [0, 0.05) is 0 Å².